The molecule has 2 heterocycles. The molecule has 102 valence electrons. The number of hydrogen-bond donors (Lipinski definition) is 1. The minimum Gasteiger partial charge on any atom is -0.382 e. The molecule has 0 aliphatic carbocycles. The fourth-order valence-electron chi connectivity index (χ4n) is 2.25. The van der Waals surface area contributed by atoms with Crippen LogP contribution < -0.4 is 5.73 Å². The Kier molecular flexibility index (Phi) is 3.28. The summed E-state index contributed by atoms with van der Waals surface area (Å²) < 4.78 is 2.08. The highest BCUT2D eigenvalue weighted by Crippen LogP contribution is 2.28. The first-order valence-corrected chi connectivity index (χ1v) is 6.81. The molecule has 0 aliphatic rings. The lowest BCUT2D eigenvalue weighted by Gasteiger charge is -2.08. The van der Waals surface area contributed by atoms with Crippen LogP contribution >= 0.6 is 11.6 Å². The fraction of sp³-hybridized carbons (Fsp3) is 0.214. The van der Waals surface area contributed by atoms with Crippen LogP contribution in [0.5, 0.6) is 0 Å². The van der Waals surface area contributed by atoms with Gasteiger partial charge in [0.2, 0.25) is 0 Å². The van der Waals surface area contributed by atoms with Gasteiger partial charge in [-0.05, 0) is 24.6 Å². The third-order valence-corrected chi connectivity index (χ3v) is 3.33. The molecule has 20 heavy (non-hydrogen) atoms. The van der Waals surface area contributed by atoms with E-state index in [0.29, 0.717) is 16.5 Å². The maximum Gasteiger partial charge on any atom is 0.163 e. The van der Waals surface area contributed by atoms with Crippen molar-refractivity contribution in [1.82, 2.24) is 19.5 Å². The number of nitrogens with two attached hydrogens (primary N) is 1. The van der Waals surface area contributed by atoms with Gasteiger partial charge in [-0.15, -0.1) is 0 Å². The summed E-state index contributed by atoms with van der Waals surface area (Å²) in [6.45, 7) is 2.93. The van der Waals surface area contributed by atoms with E-state index in [1.807, 2.05) is 18.2 Å². The van der Waals surface area contributed by atoms with Crippen molar-refractivity contribution in [2.24, 2.45) is 0 Å². The zero-order chi connectivity index (χ0) is 14.1. The maximum atomic E-state index is 6.08. The number of halogens is 1. The Bertz CT molecular complexity index is 765. The lowest BCUT2D eigenvalue weighted by atomic mass is 10.3. The van der Waals surface area contributed by atoms with Crippen molar-refractivity contribution in [3.05, 3.63) is 35.6 Å². The molecule has 6 heteroatoms. The Hall–Kier alpha value is -2.14. The van der Waals surface area contributed by atoms with Crippen LogP contribution in [0.4, 0.5) is 5.82 Å². The maximum absolute atomic E-state index is 6.08. The summed E-state index contributed by atoms with van der Waals surface area (Å²) in [6, 6.07) is 5.65. The topological polar surface area (TPSA) is 69.6 Å². The van der Waals surface area contributed by atoms with Crippen molar-refractivity contribution in [2.45, 2.75) is 19.9 Å². The van der Waals surface area contributed by atoms with Gasteiger partial charge in [0.1, 0.15) is 5.69 Å². The van der Waals surface area contributed by atoms with Gasteiger partial charge in [0.15, 0.2) is 11.6 Å². The summed E-state index contributed by atoms with van der Waals surface area (Å²) in [7, 11) is 0. The molecule has 5 nitrogen and oxygen atoms in total. The molecule has 0 spiro atoms. The number of nitrogen functional groups attached to an aromatic ring is 1. The van der Waals surface area contributed by atoms with Crippen LogP contribution in [-0.4, -0.2) is 19.5 Å². The van der Waals surface area contributed by atoms with Crippen LogP contribution in [0.15, 0.2) is 30.6 Å². The molecule has 0 amide bonds. The minimum absolute atomic E-state index is 0.381. The molecule has 3 rings (SSSR count). The van der Waals surface area contributed by atoms with E-state index in [1.165, 1.54) is 0 Å². The first kappa shape index (κ1) is 12.9. The molecule has 0 radical (unpaired) electrons. The van der Waals surface area contributed by atoms with Gasteiger partial charge in [-0.2, -0.15) is 0 Å². The molecule has 0 atom stereocenters. The number of imidazole rings is 1. The Morgan fingerprint density at radius 2 is 2.05 bits per heavy atom. The first-order chi connectivity index (χ1) is 9.70. The zero-order valence-electron chi connectivity index (χ0n) is 11.0. The van der Waals surface area contributed by atoms with E-state index in [0.717, 1.165) is 29.8 Å². The summed E-state index contributed by atoms with van der Waals surface area (Å²) in [4.78, 5) is 13.0. The van der Waals surface area contributed by atoms with Gasteiger partial charge >= 0.3 is 0 Å². The van der Waals surface area contributed by atoms with E-state index in [4.69, 9.17) is 17.3 Å². The van der Waals surface area contributed by atoms with Crippen LogP contribution in [0.2, 0.25) is 5.02 Å². The summed E-state index contributed by atoms with van der Waals surface area (Å²) in [5, 5.41) is 0.688. The van der Waals surface area contributed by atoms with Gasteiger partial charge in [0, 0.05) is 24.0 Å². The molecule has 1 aromatic carbocycles. The van der Waals surface area contributed by atoms with Gasteiger partial charge in [0.05, 0.1) is 11.0 Å². The van der Waals surface area contributed by atoms with Crippen LogP contribution in [0.1, 0.15) is 13.3 Å². The molecule has 0 fully saturated rings. The predicted octanol–water partition coefficient (Wildman–Crippen LogP) is 3.14. The quantitative estimate of drug-likeness (QED) is 0.803. The van der Waals surface area contributed by atoms with E-state index in [9.17, 15) is 0 Å². The van der Waals surface area contributed by atoms with Crippen molar-refractivity contribution in [3.8, 4) is 11.5 Å². The molecule has 2 N–H and O–H groups in total. The summed E-state index contributed by atoms with van der Waals surface area (Å²) in [5.74, 6) is 1.11. The summed E-state index contributed by atoms with van der Waals surface area (Å²) >= 11 is 6.08. The van der Waals surface area contributed by atoms with Crippen molar-refractivity contribution >= 4 is 28.5 Å². The lowest BCUT2D eigenvalue weighted by Crippen LogP contribution is -2.04. The molecule has 0 aliphatic heterocycles. The van der Waals surface area contributed by atoms with Gasteiger partial charge < -0.3 is 10.3 Å². The fourth-order valence-corrected chi connectivity index (χ4v) is 2.41. The largest absolute Gasteiger partial charge is 0.382 e. The summed E-state index contributed by atoms with van der Waals surface area (Å²) in [6.07, 6.45) is 4.17. The average molecular weight is 288 g/mol. The average Bonchev–Trinajstić information content (AvgIpc) is 2.78. The number of anilines is 1. The van der Waals surface area contributed by atoms with Crippen LogP contribution in [0, 0.1) is 0 Å². The molecule has 0 bridgehead atoms. The Morgan fingerprint density at radius 3 is 2.80 bits per heavy atom. The number of benzene rings is 1. The number of nitrogens with zero attached hydrogens (tertiary/aromatic N) is 4. The van der Waals surface area contributed by atoms with Crippen molar-refractivity contribution in [3.63, 3.8) is 0 Å². The molecule has 2 aromatic heterocycles. The second-order valence-electron chi connectivity index (χ2n) is 4.51. The highest BCUT2D eigenvalue weighted by atomic mass is 35.5. The van der Waals surface area contributed by atoms with Crippen molar-refractivity contribution < 1.29 is 0 Å². The second kappa shape index (κ2) is 5.09. The molecule has 0 unspecified atom stereocenters. The third-order valence-electron chi connectivity index (χ3n) is 3.10. The molecule has 3 aromatic rings. The Labute approximate surface area is 121 Å². The van der Waals surface area contributed by atoms with Crippen molar-refractivity contribution in [2.75, 3.05) is 5.73 Å². The van der Waals surface area contributed by atoms with E-state index in [2.05, 4.69) is 26.4 Å². The summed E-state index contributed by atoms with van der Waals surface area (Å²) in [5.41, 5.74) is 8.38. The van der Waals surface area contributed by atoms with Crippen LogP contribution in [-0.2, 0) is 6.54 Å². The second-order valence-corrected chi connectivity index (χ2v) is 4.95. The SMILES string of the molecule is CCCn1c(-c2nccnc2N)nc2ccc(Cl)cc21. The smallest absolute Gasteiger partial charge is 0.163 e. The predicted molar refractivity (Wildman–Crippen MR) is 80.5 cm³/mol. The highest BCUT2D eigenvalue weighted by Gasteiger charge is 2.16. The standard InChI is InChI=1S/C14H14ClN5/c1-2-7-20-11-8-9(15)3-4-10(11)19-14(20)12-13(16)18-6-5-17-12/h3-6,8H,2,7H2,1H3,(H2,16,18). The number of fused-ring (bicyclic) bond motifs is 1. The zero-order valence-corrected chi connectivity index (χ0v) is 11.8. The van der Waals surface area contributed by atoms with Gasteiger partial charge in [-0.3, -0.25) is 0 Å². The van der Waals surface area contributed by atoms with Gasteiger partial charge in [0.25, 0.3) is 0 Å². The molecular weight excluding hydrogens is 274 g/mol. The van der Waals surface area contributed by atoms with E-state index in [-0.39, 0.29) is 0 Å². The van der Waals surface area contributed by atoms with E-state index >= 15 is 0 Å². The van der Waals surface area contributed by atoms with Gasteiger partial charge in [-0.25, -0.2) is 15.0 Å². The van der Waals surface area contributed by atoms with Crippen molar-refractivity contribution in [1.29, 1.82) is 0 Å². The monoisotopic (exact) mass is 287 g/mol. The Balaban J connectivity index is 2.30. The number of aryl methyl sites for hydroxylation is 1. The van der Waals surface area contributed by atoms with E-state index < -0.39 is 0 Å². The highest BCUT2D eigenvalue weighted by molar-refractivity contribution is 6.31. The molecule has 0 saturated heterocycles. The number of hydrogen-bond acceptors (Lipinski definition) is 4. The number of rotatable bonds is 3. The van der Waals surface area contributed by atoms with Gasteiger partial charge in [-0.1, -0.05) is 18.5 Å². The minimum atomic E-state index is 0.381. The third kappa shape index (κ3) is 2.10. The van der Waals surface area contributed by atoms with E-state index in [1.54, 1.807) is 12.4 Å². The van der Waals surface area contributed by atoms with Crippen LogP contribution in [0.3, 0.4) is 0 Å². The molecular formula is C14H14ClN5. The number of aromatic nitrogens is 4. The lowest BCUT2D eigenvalue weighted by molar-refractivity contribution is 0.702. The first-order valence-electron chi connectivity index (χ1n) is 6.43. The normalized spacial score (nSPS) is 11.1. The molecule has 0 saturated carbocycles. The van der Waals surface area contributed by atoms with Crippen LogP contribution in [0.25, 0.3) is 22.6 Å². The Morgan fingerprint density at radius 1 is 1.25 bits per heavy atom.